The standard InChI is InChI=1S/C22H21NO4/c24-21(17-27-22(25)20-12-7-15-26-20)23(16-19-10-5-2-6-11-19)14-13-18-8-3-1-4-9-18/h1-12,15H,13-14,16-17H2. The lowest BCUT2D eigenvalue weighted by atomic mass is 10.1. The molecule has 1 heterocycles. The van der Waals surface area contributed by atoms with Crippen LogP contribution in [0.2, 0.25) is 0 Å². The third-order valence-corrected chi connectivity index (χ3v) is 4.13. The average Bonchev–Trinajstić information content (AvgIpc) is 3.25. The smallest absolute Gasteiger partial charge is 0.374 e. The summed E-state index contributed by atoms with van der Waals surface area (Å²) in [6.07, 6.45) is 2.12. The van der Waals surface area contributed by atoms with Crippen molar-refractivity contribution >= 4 is 11.9 Å². The molecular formula is C22H21NO4. The van der Waals surface area contributed by atoms with E-state index in [1.165, 1.54) is 12.3 Å². The van der Waals surface area contributed by atoms with Crippen LogP contribution < -0.4 is 0 Å². The van der Waals surface area contributed by atoms with Crippen molar-refractivity contribution in [2.45, 2.75) is 13.0 Å². The zero-order valence-corrected chi connectivity index (χ0v) is 14.9. The van der Waals surface area contributed by atoms with Gasteiger partial charge in [-0.05, 0) is 29.7 Å². The molecule has 0 aliphatic heterocycles. The highest BCUT2D eigenvalue weighted by atomic mass is 16.5. The van der Waals surface area contributed by atoms with Gasteiger partial charge in [-0.25, -0.2) is 4.79 Å². The van der Waals surface area contributed by atoms with Crippen LogP contribution in [0.25, 0.3) is 0 Å². The van der Waals surface area contributed by atoms with Crippen LogP contribution in [-0.2, 0) is 22.5 Å². The predicted molar refractivity (Wildman–Crippen MR) is 101 cm³/mol. The van der Waals surface area contributed by atoms with E-state index < -0.39 is 5.97 Å². The lowest BCUT2D eigenvalue weighted by Gasteiger charge is -2.23. The van der Waals surface area contributed by atoms with E-state index >= 15 is 0 Å². The Kier molecular flexibility index (Phi) is 6.41. The molecule has 0 aliphatic carbocycles. The van der Waals surface area contributed by atoms with Crippen LogP contribution in [0, 0.1) is 0 Å². The zero-order valence-electron chi connectivity index (χ0n) is 14.9. The largest absolute Gasteiger partial charge is 0.457 e. The van der Waals surface area contributed by atoms with Gasteiger partial charge in [0.05, 0.1) is 6.26 Å². The zero-order chi connectivity index (χ0) is 18.9. The second-order valence-corrected chi connectivity index (χ2v) is 6.09. The van der Waals surface area contributed by atoms with Crippen molar-refractivity contribution in [3.05, 3.63) is 95.9 Å². The minimum atomic E-state index is -0.643. The number of benzene rings is 2. The Morgan fingerprint density at radius 1 is 0.852 bits per heavy atom. The fourth-order valence-corrected chi connectivity index (χ4v) is 2.69. The molecule has 0 spiro atoms. The number of ether oxygens (including phenoxy) is 1. The van der Waals surface area contributed by atoms with E-state index in [2.05, 4.69) is 0 Å². The molecule has 1 amide bonds. The highest BCUT2D eigenvalue weighted by molar-refractivity contribution is 5.88. The van der Waals surface area contributed by atoms with Crippen molar-refractivity contribution < 1.29 is 18.7 Å². The molecule has 138 valence electrons. The van der Waals surface area contributed by atoms with Gasteiger partial charge in [0.2, 0.25) is 5.76 Å². The van der Waals surface area contributed by atoms with Gasteiger partial charge in [-0.15, -0.1) is 0 Å². The summed E-state index contributed by atoms with van der Waals surface area (Å²) in [5.74, 6) is -0.799. The Bertz CT molecular complexity index is 845. The number of carbonyl (C=O) groups is 2. The summed E-state index contributed by atoms with van der Waals surface area (Å²) >= 11 is 0. The highest BCUT2D eigenvalue weighted by Gasteiger charge is 2.18. The number of furan rings is 1. The van der Waals surface area contributed by atoms with E-state index in [0.717, 1.165) is 17.5 Å². The van der Waals surface area contributed by atoms with Crippen LogP contribution >= 0.6 is 0 Å². The van der Waals surface area contributed by atoms with E-state index in [1.54, 1.807) is 11.0 Å². The van der Waals surface area contributed by atoms with Gasteiger partial charge < -0.3 is 14.1 Å². The number of amides is 1. The van der Waals surface area contributed by atoms with Gasteiger partial charge in [-0.3, -0.25) is 4.79 Å². The van der Waals surface area contributed by atoms with Gasteiger partial charge in [0.15, 0.2) is 6.61 Å². The van der Waals surface area contributed by atoms with Crippen LogP contribution in [0.1, 0.15) is 21.7 Å². The molecule has 2 aromatic carbocycles. The first-order chi connectivity index (χ1) is 13.2. The number of carbonyl (C=O) groups excluding carboxylic acids is 2. The topological polar surface area (TPSA) is 59.8 Å². The first-order valence-corrected chi connectivity index (χ1v) is 8.78. The molecule has 0 aliphatic rings. The van der Waals surface area contributed by atoms with Gasteiger partial charge in [0, 0.05) is 13.1 Å². The summed E-state index contributed by atoms with van der Waals surface area (Å²) in [5, 5.41) is 0. The molecule has 3 aromatic rings. The van der Waals surface area contributed by atoms with E-state index in [4.69, 9.17) is 9.15 Å². The molecule has 1 aromatic heterocycles. The first kappa shape index (κ1) is 18.5. The molecule has 0 saturated heterocycles. The van der Waals surface area contributed by atoms with Crippen molar-refractivity contribution in [1.29, 1.82) is 0 Å². The second kappa shape index (κ2) is 9.38. The fourth-order valence-electron chi connectivity index (χ4n) is 2.69. The van der Waals surface area contributed by atoms with E-state index in [0.29, 0.717) is 13.1 Å². The van der Waals surface area contributed by atoms with Gasteiger partial charge >= 0.3 is 5.97 Å². The predicted octanol–water partition coefficient (Wildman–Crippen LogP) is 3.71. The van der Waals surface area contributed by atoms with Crippen molar-refractivity contribution in [3.8, 4) is 0 Å². The molecule has 0 N–H and O–H groups in total. The maximum Gasteiger partial charge on any atom is 0.374 e. The van der Waals surface area contributed by atoms with E-state index in [9.17, 15) is 9.59 Å². The van der Waals surface area contributed by atoms with Crippen LogP contribution in [0.5, 0.6) is 0 Å². The fraction of sp³-hybridized carbons (Fsp3) is 0.182. The van der Waals surface area contributed by atoms with Crippen LogP contribution in [0.4, 0.5) is 0 Å². The summed E-state index contributed by atoms with van der Waals surface area (Å²) in [5.41, 5.74) is 2.17. The SMILES string of the molecule is O=C(OCC(=O)N(CCc1ccccc1)Cc1ccccc1)c1ccco1. The summed E-state index contributed by atoms with van der Waals surface area (Å²) in [7, 11) is 0. The number of nitrogens with zero attached hydrogens (tertiary/aromatic N) is 1. The maximum absolute atomic E-state index is 12.7. The van der Waals surface area contributed by atoms with Gasteiger partial charge in [-0.1, -0.05) is 60.7 Å². The molecule has 0 unspecified atom stereocenters. The van der Waals surface area contributed by atoms with Crippen LogP contribution in [0.3, 0.4) is 0 Å². The monoisotopic (exact) mass is 363 g/mol. The molecule has 0 bridgehead atoms. The molecule has 0 fully saturated rings. The molecule has 0 atom stereocenters. The second-order valence-electron chi connectivity index (χ2n) is 6.09. The number of hydrogen-bond donors (Lipinski definition) is 0. The number of hydrogen-bond acceptors (Lipinski definition) is 4. The van der Waals surface area contributed by atoms with Gasteiger partial charge in [-0.2, -0.15) is 0 Å². The summed E-state index contributed by atoms with van der Waals surface area (Å²) < 4.78 is 10.1. The van der Waals surface area contributed by atoms with Crippen LogP contribution in [0.15, 0.2) is 83.5 Å². The van der Waals surface area contributed by atoms with Crippen LogP contribution in [-0.4, -0.2) is 29.9 Å². The summed E-state index contributed by atoms with van der Waals surface area (Å²) in [6, 6.07) is 22.8. The lowest BCUT2D eigenvalue weighted by molar-refractivity contribution is -0.135. The third kappa shape index (κ3) is 5.57. The molecule has 0 radical (unpaired) electrons. The maximum atomic E-state index is 12.7. The van der Waals surface area contributed by atoms with Crippen molar-refractivity contribution in [2.24, 2.45) is 0 Å². The highest BCUT2D eigenvalue weighted by Crippen LogP contribution is 2.09. The van der Waals surface area contributed by atoms with Crippen molar-refractivity contribution in [3.63, 3.8) is 0 Å². The normalized spacial score (nSPS) is 10.4. The van der Waals surface area contributed by atoms with Gasteiger partial charge in [0.25, 0.3) is 5.91 Å². The van der Waals surface area contributed by atoms with E-state index in [1.807, 2.05) is 60.7 Å². The quantitative estimate of drug-likeness (QED) is 0.573. The molecule has 27 heavy (non-hydrogen) atoms. The van der Waals surface area contributed by atoms with Gasteiger partial charge in [0.1, 0.15) is 0 Å². The Morgan fingerprint density at radius 3 is 2.15 bits per heavy atom. The van der Waals surface area contributed by atoms with Crippen molar-refractivity contribution in [1.82, 2.24) is 4.90 Å². The minimum absolute atomic E-state index is 0.0849. The molecule has 5 nitrogen and oxygen atoms in total. The molecule has 3 rings (SSSR count). The van der Waals surface area contributed by atoms with E-state index in [-0.39, 0.29) is 18.3 Å². The minimum Gasteiger partial charge on any atom is -0.457 e. The molecule has 5 heteroatoms. The third-order valence-electron chi connectivity index (χ3n) is 4.13. The molecular weight excluding hydrogens is 342 g/mol. The average molecular weight is 363 g/mol. The van der Waals surface area contributed by atoms with Crippen molar-refractivity contribution in [2.75, 3.05) is 13.2 Å². The Labute approximate surface area is 158 Å². The summed E-state index contributed by atoms with van der Waals surface area (Å²) in [6.45, 7) is 0.683. The Balaban J connectivity index is 1.62. The summed E-state index contributed by atoms with van der Waals surface area (Å²) in [4.78, 5) is 26.3. The number of rotatable bonds is 8. The first-order valence-electron chi connectivity index (χ1n) is 8.78. The molecule has 0 saturated carbocycles. The number of esters is 1. The Morgan fingerprint density at radius 2 is 1.52 bits per heavy atom. The Hall–Kier alpha value is -3.34. The lowest BCUT2D eigenvalue weighted by Crippen LogP contribution is -2.35.